The Hall–Kier alpha value is -1.44. The smallest absolute Gasteiger partial charge is 0.245 e. The summed E-state index contributed by atoms with van der Waals surface area (Å²) < 4.78 is 0. The van der Waals surface area contributed by atoms with Crippen LogP contribution in [0.3, 0.4) is 0 Å². The van der Waals surface area contributed by atoms with Gasteiger partial charge in [0.2, 0.25) is 5.91 Å². The zero-order chi connectivity index (χ0) is 16.7. The fourth-order valence-electron chi connectivity index (χ4n) is 3.87. The number of halogens is 1. The first-order valence-corrected chi connectivity index (χ1v) is 9.43. The van der Waals surface area contributed by atoms with Crippen LogP contribution in [0.4, 0.5) is 5.82 Å². The van der Waals surface area contributed by atoms with Gasteiger partial charge in [-0.05, 0) is 42.7 Å². The molecule has 0 saturated carbocycles. The highest BCUT2D eigenvalue weighted by Crippen LogP contribution is 2.34. The molecule has 0 spiro atoms. The number of anilines is 1. The monoisotopic (exact) mass is 381 g/mol. The molecule has 2 fully saturated rings. The van der Waals surface area contributed by atoms with Crippen molar-refractivity contribution in [2.75, 3.05) is 31.1 Å². The standard InChI is InChI=1S/C17H23N5OS.ClH/c1-17(9-18)5-7-21(10-17)16(23)13-3-2-6-22(13)14-12-4-8-24-15(12)20-11-19-14;/h4,8,11,13H,2-3,5-7,9-10,18H2,1H3;1H. The number of nitrogens with two attached hydrogens (primary N) is 1. The van der Waals surface area contributed by atoms with E-state index < -0.39 is 0 Å². The largest absolute Gasteiger partial charge is 0.344 e. The summed E-state index contributed by atoms with van der Waals surface area (Å²) in [7, 11) is 0. The lowest BCUT2D eigenvalue weighted by molar-refractivity contribution is -0.131. The molecule has 2 aromatic rings. The maximum absolute atomic E-state index is 13.1. The first-order valence-electron chi connectivity index (χ1n) is 8.55. The second kappa shape index (κ2) is 7.05. The molecule has 0 radical (unpaired) electrons. The van der Waals surface area contributed by atoms with Gasteiger partial charge in [0, 0.05) is 19.6 Å². The number of thiophene rings is 1. The molecule has 4 rings (SSSR count). The molecule has 2 aliphatic rings. The van der Waals surface area contributed by atoms with Crippen LogP contribution in [0.2, 0.25) is 0 Å². The van der Waals surface area contributed by atoms with Crippen LogP contribution in [0.25, 0.3) is 10.2 Å². The zero-order valence-electron chi connectivity index (χ0n) is 14.4. The van der Waals surface area contributed by atoms with Gasteiger partial charge >= 0.3 is 0 Å². The highest BCUT2D eigenvalue weighted by atomic mass is 35.5. The number of nitrogens with zero attached hydrogens (tertiary/aromatic N) is 4. The van der Waals surface area contributed by atoms with Gasteiger partial charge in [0.25, 0.3) is 0 Å². The molecule has 2 atom stereocenters. The summed E-state index contributed by atoms with van der Waals surface area (Å²) in [5.74, 6) is 1.13. The lowest BCUT2D eigenvalue weighted by Gasteiger charge is -2.30. The Morgan fingerprint density at radius 1 is 1.44 bits per heavy atom. The molecule has 2 N–H and O–H groups in total. The molecule has 2 aromatic heterocycles. The zero-order valence-corrected chi connectivity index (χ0v) is 16.0. The third-order valence-corrected chi connectivity index (χ3v) is 6.23. The number of likely N-dealkylation sites (tertiary alicyclic amines) is 1. The van der Waals surface area contributed by atoms with Crippen molar-refractivity contribution in [3.05, 3.63) is 17.8 Å². The summed E-state index contributed by atoms with van der Waals surface area (Å²) in [6.45, 7) is 5.26. The molecule has 25 heavy (non-hydrogen) atoms. The number of carbonyl (C=O) groups is 1. The number of fused-ring (bicyclic) bond motifs is 1. The SMILES string of the molecule is CC1(CN)CCN(C(=O)C2CCCN2c2ncnc3sccc23)C1.Cl. The highest BCUT2D eigenvalue weighted by molar-refractivity contribution is 7.16. The van der Waals surface area contributed by atoms with Crippen LogP contribution in [-0.2, 0) is 4.79 Å². The Balaban J connectivity index is 0.00000182. The van der Waals surface area contributed by atoms with Gasteiger partial charge in [-0.1, -0.05) is 6.92 Å². The van der Waals surface area contributed by atoms with E-state index in [1.807, 2.05) is 10.3 Å². The van der Waals surface area contributed by atoms with E-state index in [2.05, 4.69) is 27.9 Å². The molecule has 2 saturated heterocycles. The Labute approximate surface area is 157 Å². The molecule has 8 heteroatoms. The minimum Gasteiger partial charge on any atom is -0.344 e. The van der Waals surface area contributed by atoms with Crippen molar-refractivity contribution in [2.45, 2.75) is 32.2 Å². The van der Waals surface area contributed by atoms with Gasteiger partial charge < -0.3 is 15.5 Å². The van der Waals surface area contributed by atoms with Gasteiger partial charge in [-0.15, -0.1) is 23.7 Å². The van der Waals surface area contributed by atoms with E-state index in [1.54, 1.807) is 17.7 Å². The van der Waals surface area contributed by atoms with Crippen molar-refractivity contribution in [2.24, 2.45) is 11.1 Å². The van der Waals surface area contributed by atoms with Crippen molar-refractivity contribution in [1.29, 1.82) is 0 Å². The predicted molar refractivity (Wildman–Crippen MR) is 103 cm³/mol. The summed E-state index contributed by atoms with van der Waals surface area (Å²) in [6, 6.07) is 1.94. The fraction of sp³-hybridized carbons (Fsp3) is 0.588. The molecule has 2 aliphatic heterocycles. The normalized spacial score (nSPS) is 26.2. The maximum Gasteiger partial charge on any atom is 0.245 e. The highest BCUT2D eigenvalue weighted by Gasteiger charge is 2.40. The van der Waals surface area contributed by atoms with E-state index in [0.29, 0.717) is 6.54 Å². The van der Waals surface area contributed by atoms with Crippen LogP contribution >= 0.6 is 23.7 Å². The number of carbonyl (C=O) groups excluding carboxylic acids is 1. The van der Waals surface area contributed by atoms with Crippen molar-refractivity contribution >= 4 is 45.7 Å². The Morgan fingerprint density at radius 3 is 3.04 bits per heavy atom. The molecule has 136 valence electrons. The summed E-state index contributed by atoms with van der Waals surface area (Å²) >= 11 is 1.61. The average molecular weight is 382 g/mol. The molecule has 1 amide bonds. The van der Waals surface area contributed by atoms with E-state index in [-0.39, 0.29) is 29.8 Å². The topological polar surface area (TPSA) is 75.3 Å². The van der Waals surface area contributed by atoms with Crippen LogP contribution in [0.15, 0.2) is 17.8 Å². The molecule has 0 bridgehead atoms. The molecule has 0 aromatic carbocycles. The molecule has 0 aliphatic carbocycles. The first-order chi connectivity index (χ1) is 11.6. The van der Waals surface area contributed by atoms with Gasteiger partial charge in [0.1, 0.15) is 23.0 Å². The number of hydrogen-bond acceptors (Lipinski definition) is 6. The molecular weight excluding hydrogens is 358 g/mol. The quantitative estimate of drug-likeness (QED) is 0.882. The van der Waals surface area contributed by atoms with Gasteiger partial charge in [0.15, 0.2) is 0 Å². The van der Waals surface area contributed by atoms with E-state index >= 15 is 0 Å². The summed E-state index contributed by atoms with van der Waals surface area (Å²) in [6.07, 6.45) is 4.51. The maximum atomic E-state index is 13.1. The second-order valence-corrected chi connectivity index (χ2v) is 8.11. The molecule has 4 heterocycles. The molecule has 2 unspecified atom stereocenters. The van der Waals surface area contributed by atoms with Crippen molar-refractivity contribution in [1.82, 2.24) is 14.9 Å². The van der Waals surface area contributed by atoms with Crippen LogP contribution in [-0.4, -0.2) is 53.0 Å². The molecular formula is C17H24ClN5OS. The average Bonchev–Trinajstić information content (AvgIpc) is 3.33. The molecule has 6 nitrogen and oxygen atoms in total. The van der Waals surface area contributed by atoms with Crippen LogP contribution in [0.1, 0.15) is 26.2 Å². The van der Waals surface area contributed by atoms with Crippen molar-refractivity contribution in [3.63, 3.8) is 0 Å². The van der Waals surface area contributed by atoms with E-state index in [0.717, 1.165) is 54.9 Å². The van der Waals surface area contributed by atoms with E-state index in [9.17, 15) is 4.79 Å². The Morgan fingerprint density at radius 2 is 2.28 bits per heavy atom. The first kappa shape index (κ1) is 18.4. The lowest BCUT2D eigenvalue weighted by atomic mass is 9.90. The van der Waals surface area contributed by atoms with Crippen molar-refractivity contribution in [3.8, 4) is 0 Å². The fourth-order valence-corrected chi connectivity index (χ4v) is 4.60. The minimum atomic E-state index is -0.108. The Bertz CT molecular complexity index is 768. The minimum absolute atomic E-state index is 0. The van der Waals surface area contributed by atoms with Gasteiger partial charge in [-0.3, -0.25) is 4.79 Å². The number of rotatable bonds is 3. The Kier molecular flexibility index (Phi) is 5.18. The van der Waals surface area contributed by atoms with E-state index in [1.165, 1.54) is 0 Å². The van der Waals surface area contributed by atoms with Crippen LogP contribution in [0.5, 0.6) is 0 Å². The van der Waals surface area contributed by atoms with Gasteiger partial charge in [-0.25, -0.2) is 9.97 Å². The van der Waals surface area contributed by atoms with Crippen molar-refractivity contribution < 1.29 is 4.79 Å². The summed E-state index contributed by atoms with van der Waals surface area (Å²) in [5.41, 5.74) is 5.95. The van der Waals surface area contributed by atoms with Gasteiger partial charge in [0.05, 0.1) is 5.39 Å². The third-order valence-electron chi connectivity index (χ3n) is 5.41. The number of hydrogen-bond donors (Lipinski definition) is 1. The summed E-state index contributed by atoms with van der Waals surface area (Å²) in [5, 5.41) is 3.08. The second-order valence-electron chi connectivity index (χ2n) is 7.21. The van der Waals surface area contributed by atoms with Gasteiger partial charge in [-0.2, -0.15) is 0 Å². The van der Waals surface area contributed by atoms with Crippen LogP contribution < -0.4 is 10.6 Å². The van der Waals surface area contributed by atoms with E-state index in [4.69, 9.17) is 5.73 Å². The number of amides is 1. The van der Waals surface area contributed by atoms with Crippen LogP contribution in [0, 0.1) is 5.41 Å². The predicted octanol–water partition coefficient (Wildman–Crippen LogP) is 2.28. The third kappa shape index (κ3) is 3.20. The summed E-state index contributed by atoms with van der Waals surface area (Å²) in [4.78, 5) is 27.1. The number of aromatic nitrogens is 2. The lowest BCUT2D eigenvalue weighted by Crippen LogP contribution is -2.46.